The van der Waals surface area contributed by atoms with Gasteiger partial charge in [0.15, 0.2) is 0 Å². The smallest absolute Gasteiger partial charge is 0.205 e. The molecule has 0 spiro atoms. The predicted octanol–water partition coefficient (Wildman–Crippen LogP) is 5.36. The Morgan fingerprint density at radius 1 is 0.667 bits per heavy atom. The quantitative estimate of drug-likeness (QED) is 0.450. The molecule has 0 aliphatic heterocycles. The van der Waals surface area contributed by atoms with E-state index >= 15 is 0 Å². The number of hydrogen-bond acceptors (Lipinski definition) is 2. The van der Waals surface area contributed by atoms with Crippen molar-refractivity contribution in [3.05, 3.63) is 119 Å². The van der Waals surface area contributed by atoms with Crippen LogP contribution in [0.5, 0.6) is 0 Å². The number of thiophene rings is 1. The van der Waals surface area contributed by atoms with Gasteiger partial charge in [-0.25, -0.2) is 5.09 Å². The molecular weight excluding hydrogens is 369 g/mol. The molecule has 0 aliphatic rings. The summed E-state index contributed by atoms with van der Waals surface area (Å²) in [6, 6.07) is 33.6. The number of benzene rings is 3. The van der Waals surface area contributed by atoms with Gasteiger partial charge in [-0.2, -0.15) is 0 Å². The highest BCUT2D eigenvalue weighted by atomic mass is 32.1. The lowest BCUT2D eigenvalue weighted by molar-refractivity contribution is 0.572. The second-order valence-corrected chi connectivity index (χ2v) is 9.76. The molecule has 1 heterocycles. The van der Waals surface area contributed by atoms with Crippen molar-refractivity contribution in [3.63, 3.8) is 0 Å². The molecule has 0 unspecified atom stereocenters. The number of rotatable bonds is 6. The Balaban J connectivity index is 1.84. The third-order valence-electron chi connectivity index (χ3n) is 4.51. The molecule has 0 saturated carbocycles. The Kier molecular flexibility index (Phi) is 5.35. The molecule has 27 heavy (non-hydrogen) atoms. The minimum Gasteiger partial charge on any atom is -0.296 e. The van der Waals surface area contributed by atoms with Crippen molar-refractivity contribution < 1.29 is 4.57 Å². The Morgan fingerprint density at radius 2 is 1.19 bits per heavy atom. The normalized spacial score (nSPS) is 12.6. The maximum Gasteiger partial charge on any atom is 0.205 e. The van der Waals surface area contributed by atoms with Crippen LogP contribution in [0.3, 0.4) is 0 Å². The summed E-state index contributed by atoms with van der Waals surface area (Å²) in [6.07, 6.45) is 0. The Morgan fingerprint density at radius 3 is 1.67 bits per heavy atom. The molecule has 0 aliphatic carbocycles. The maximum atomic E-state index is 14.4. The molecule has 0 amide bonds. The SMILES string of the molecule is O=P(N[C@@H](c1ccccc1)c1cccs1)(c1ccccc1)c1ccccc1. The molecule has 0 fully saturated rings. The highest BCUT2D eigenvalue weighted by Gasteiger charge is 2.31. The van der Waals surface area contributed by atoms with E-state index in [9.17, 15) is 4.57 Å². The minimum absolute atomic E-state index is 0.141. The summed E-state index contributed by atoms with van der Waals surface area (Å²) in [5.74, 6) is 0. The standard InChI is InChI=1S/C23H20NOPS/c25-26(20-13-6-2-7-14-20,21-15-8-3-9-16-21)24-23(22-17-10-18-27-22)19-11-4-1-5-12-19/h1-18,23H,(H,24,25)/t23-/m0/s1. The number of hydrogen-bond donors (Lipinski definition) is 1. The van der Waals surface area contributed by atoms with Crippen molar-refractivity contribution in [1.82, 2.24) is 5.09 Å². The fourth-order valence-electron chi connectivity index (χ4n) is 3.16. The Labute approximate surface area is 164 Å². The second-order valence-electron chi connectivity index (χ2n) is 6.27. The van der Waals surface area contributed by atoms with Crippen LogP contribution in [0.4, 0.5) is 0 Å². The molecule has 1 aromatic heterocycles. The molecule has 0 radical (unpaired) electrons. The van der Waals surface area contributed by atoms with Crippen molar-refractivity contribution in [3.8, 4) is 0 Å². The fourth-order valence-corrected chi connectivity index (χ4v) is 6.48. The largest absolute Gasteiger partial charge is 0.296 e. The third-order valence-corrected chi connectivity index (χ3v) is 8.12. The highest BCUT2D eigenvalue weighted by Crippen LogP contribution is 2.43. The average molecular weight is 389 g/mol. The first-order valence-electron chi connectivity index (χ1n) is 8.85. The zero-order chi connectivity index (χ0) is 18.5. The van der Waals surface area contributed by atoms with Crippen LogP contribution in [-0.4, -0.2) is 0 Å². The molecule has 4 rings (SSSR count). The molecule has 3 aromatic carbocycles. The van der Waals surface area contributed by atoms with Gasteiger partial charge in [0.1, 0.15) is 0 Å². The Bertz CT molecular complexity index is 974. The summed E-state index contributed by atoms with van der Waals surface area (Å²) in [5, 5.41) is 7.23. The van der Waals surface area contributed by atoms with Crippen molar-refractivity contribution in [2.45, 2.75) is 6.04 Å². The molecule has 1 N–H and O–H groups in total. The van der Waals surface area contributed by atoms with E-state index in [1.54, 1.807) is 11.3 Å². The van der Waals surface area contributed by atoms with Gasteiger partial charge in [-0.1, -0.05) is 72.8 Å². The van der Waals surface area contributed by atoms with Gasteiger partial charge in [0.2, 0.25) is 7.29 Å². The second kappa shape index (κ2) is 8.06. The number of nitrogens with one attached hydrogen (secondary N) is 1. The van der Waals surface area contributed by atoms with Crippen molar-refractivity contribution >= 4 is 29.2 Å². The topological polar surface area (TPSA) is 29.1 Å². The molecule has 4 heteroatoms. The zero-order valence-corrected chi connectivity index (χ0v) is 16.4. The van der Waals surface area contributed by atoms with Crippen LogP contribution in [0.15, 0.2) is 109 Å². The van der Waals surface area contributed by atoms with E-state index in [4.69, 9.17) is 0 Å². The van der Waals surface area contributed by atoms with Gasteiger partial charge in [-0.05, 0) is 41.3 Å². The van der Waals surface area contributed by atoms with Gasteiger partial charge in [-0.15, -0.1) is 11.3 Å². The molecule has 1 atom stereocenters. The van der Waals surface area contributed by atoms with Crippen LogP contribution in [-0.2, 0) is 4.57 Å². The van der Waals surface area contributed by atoms with Crippen LogP contribution in [0, 0.1) is 0 Å². The van der Waals surface area contributed by atoms with Crippen molar-refractivity contribution in [2.24, 2.45) is 0 Å². The first kappa shape index (κ1) is 17.9. The van der Waals surface area contributed by atoms with E-state index in [1.165, 1.54) is 0 Å². The lowest BCUT2D eigenvalue weighted by Gasteiger charge is -2.27. The Hall–Kier alpha value is -2.45. The van der Waals surface area contributed by atoms with E-state index in [0.717, 1.165) is 21.0 Å². The summed E-state index contributed by atoms with van der Waals surface area (Å²) in [5.41, 5.74) is 1.10. The van der Waals surface area contributed by atoms with E-state index in [1.807, 2.05) is 84.9 Å². The molecule has 4 aromatic rings. The van der Waals surface area contributed by atoms with Gasteiger partial charge in [0.05, 0.1) is 6.04 Å². The first-order valence-corrected chi connectivity index (χ1v) is 11.4. The van der Waals surface area contributed by atoms with Crippen LogP contribution >= 0.6 is 18.6 Å². The van der Waals surface area contributed by atoms with Gasteiger partial charge < -0.3 is 0 Å². The van der Waals surface area contributed by atoms with Crippen LogP contribution in [0.25, 0.3) is 0 Å². The third kappa shape index (κ3) is 3.81. The lowest BCUT2D eigenvalue weighted by Crippen LogP contribution is -2.30. The van der Waals surface area contributed by atoms with Gasteiger partial charge >= 0.3 is 0 Å². The summed E-state index contributed by atoms with van der Waals surface area (Å²) in [4.78, 5) is 1.15. The average Bonchev–Trinajstić information content (AvgIpc) is 3.28. The molecular formula is C23H20NOPS. The van der Waals surface area contributed by atoms with Gasteiger partial charge in [-0.3, -0.25) is 4.57 Å². The molecule has 0 bridgehead atoms. The summed E-state index contributed by atoms with van der Waals surface area (Å²) in [6.45, 7) is 0. The van der Waals surface area contributed by atoms with Crippen LogP contribution < -0.4 is 15.7 Å². The fraction of sp³-hybridized carbons (Fsp3) is 0.0435. The first-order chi connectivity index (χ1) is 13.3. The van der Waals surface area contributed by atoms with Gasteiger partial charge in [0.25, 0.3) is 0 Å². The van der Waals surface area contributed by atoms with E-state index < -0.39 is 7.29 Å². The molecule has 0 saturated heterocycles. The van der Waals surface area contributed by atoms with Crippen LogP contribution in [0.2, 0.25) is 0 Å². The maximum absolute atomic E-state index is 14.4. The van der Waals surface area contributed by atoms with Crippen molar-refractivity contribution in [1.29, 1.82) is 0 Å². The van der Waals surface area contributed by atoms with E-state index in [-0.39, 0.29) is 6.04 Å². The summed E-state index contributed by atoms with van der Waals surface area (Å²) in [7, 11) is -3.03. The monoisotopic (exact) mass is 389 g/mol. The minimum atomic E-state index is -3.03. The summed E-state index contributed by atoms with van der Waals surface area (Å²) < 4.78 is 14.4. The van der Waals surface area contributed by atoms with Crippen molar-refractivity contribution in [2.75, 3.05) is 0 Å². The lowest BCUT2D eigenvalue weighted by atomic mass is 10.1. The van der Waals surface area contributed by atoms with E-state index in [0.29, 0.717) is 0 Å². The van der Waals surface area contributed by atoms with Gasteiger partial charge in [0, 0.05) is 15.5 Å². The van der Waals surface area contributed by atoms with Crippen LogP contribution in [0.1, 0.15) is 16.5 Å². The molecule has 134 valence electrons. The zero-order valence-electron chi connectivity index (χ0n) is 14.7. The van der Waals surface area contributed by atoms with E-state index in [2.05, 4.69) is 28.7 Å². The molecule has 2 nitrogen and oxygen atoms in total. The predicted molar refractivity (Wildman–Crippen MR) is 115 cm³/mol. The summed E-state index contributed by atoms with van der Waals surface area (Å²) >= 11 is 1.67. The highest BCUT2D eigenvalue weighted by molar-refractivity contribution is 7.76.